The molecule has 1 fully saturated rings. The lowest BCUT2D eigenvalue weighted by atomic mass is 9.97. The van der Waals surface area contributed by atoms with Gasteiger partial charge in [0.25, 0.3) is 0 Å². The third-order valence-corrected chi connectivity index (χ3v) is 2.02. The van der Waals surface area contributed by atoms with E-state index in [-0.39, 0.29) is 11.3 Å². The fourth-order valence-electron chi connectivity index (χ4n) is 0.883. The smallest absolute Gasteiger partial charge is 0.240 e. The molecule has 1 rings (SSSR count). The van der Waals surface area contributed by atoms with Gasteiger partial charge in [-0.3, -0.25) is 4.79 Å². The Morgan fingerprint density at radius 2 is 2.00 bits per heavy atom. The van der Waals surface area contributed by atoms with Crippen molar-refractivity contribution in [3.63, 3.8) is 0 Å². The zero-order valence-corrected chi connectivity index (χ0v) is 8.11. The van der Waals surface area contributed by atoms with Crippen LogP contribution in [0.15, 0.2) is 0 Å². The average Bonchev–Trinajstić information content (AvgIpc) is 2.62. The lowest BCUT2D eigenvalue weighted by Gasteiger charge is -2.20. The minimum absolute atomic E-state index is 0.0115. The largest absolute Gasteiger partial charge is 0.354 e. The highest BCUT2D eigenvalue weighted by Gasteiger charge is 2.45. The molecule has 0 aromatic rings. The summed E-state index contributed by atoms with van der Waals surface area (Å²) in [6.45, 7) is 6.96. The van der Waals surface area contributed by atoms with Crippen LogP contribution in [0.1, 0.15) is 33.6 Å². The number of hydrogen-bond acceptors (Lipinski definition) is 2. The van der Waals surface area contributed by atoms with E-state index < -0.39 is 5.54 Å². The minimum atomic E-state index is -0.523. The van der Waals surface area contributed by atoms with E-state index in [1.807, 2.05) is 0 Å². The van der Waals surface area contributed by atoms with Gasteiger partial charge in [0.05, 0.1) is 5.54 Å². The Bertz CT molecular complexity index is 189. The number of rotatable bonds is 2. The summed E-state index contributed by atoms with van der Waals surface area (Å²) in [5.41, 5.74) is 5.32. The number of nitrogens with two attached hydrogens (primary N) is 1. The molecule has 1 amide bonds. The van der Waals surface area contributed by atoms with E-state index in [9.17, 15) is 4.79 Å². The van der Waals surface area contributed by atoms with Gasteiger partial charge in [0.15, 0.2) is 0 Å². The van der Waals surface area contributed by atoms with Crippen molar-refractivity contribution < 1.29 is 4.79 Å². The first-order valence-electron chi connectivity index (χ1n) is 4.41. The summed E-state index contributed by atoms with van der Waals surface area (Å²) in [5.74, 6) is 0.0115. The van der Waals surface area contributed by atoms with Crippen LogP contribution in [0.5, 0.6) is 0 Å². The van der Waals surface area contributed by atoms with Crippen LogP contribution in [0, 0.1) is 5.41 Å². The van der Waals surface area contributed by atoms with Crippen LogP contribution in [-0.4, -0.2) is 18.0 Å². The SMILES string of the molecule is CC(C)(C)CNC(=O)C1(N)CC1. The lowest BCUT2D eigenvalue weighted by molar-refractivity contribution is -0.123. The van der Waals surface area contributed by atoms with Crippen LogP contribution in [0.4, 0.5) is 0 Å². The van der Waals surface area contributed by atoms with E-state index in [0.717, 1.165) is 12.8 Å². The highest BCUT2D eigenvalue weighted by atomic mass is 16.2. The van der Waals surface area contributed by atoms with Crippen molar-refractivity contribution in [2.45, 2.75) is 39.2 Å². The maximum Gasteiger partial charge on any atom is 0.240 e. The van der Waals surface area contributed by atoms with Gasteiger partial charge in [0.2, 0.25) is 5.91 Å². The quantitative estimate of drug-likeness (QED) is 0.639. The van der Waals surface area contributed by atoms with Crippen LogP contribution < -0.4 is 11.1 Å². The first-order chi connectivity index (χ1) is 5.33. The summed E-state index contributed by atoms with van der Waals surface area (Å²) in [6, 6.07) is 0. The molecule has 1 aliphatic rings. The molecular formula is C9H18N2O. The summed E-state index contributed by atoms with van der Waals surface area (Å²) < 4.78 is 0. The van der Waals surface area contributed by atoms with E-state index in [0.29, 0.717) is 6.54 Å². The van der Waals surface area contributed by atoms with Gasteiger partial charge in [-0.15, -0.1) is 0 Å². The Balaban J connectivity index is 2.29. The molecule has 3 N–H and O–H groups in total. The third-order valence-electron chi connectivity index (χ3n) is 2.02. The topological polar surface area (TPSA) is 55.1 Å². The van der Waals surface area contributed by atoms with Crippen molar-refractivity contribution in [1.82, 2.24) is 5.32 Å². The summed E-state index contributed by atoms with van der Waals surface area (Å²) in [4.78, 5) is 11.3. The van der Waals surface area contributed by atoms with E-state index in [2.05, 4.69) is 26.1 Å². The van der Waals surface area contributed by atoms with Gasteiger partial charge in [-0.2, -0.15) is 0 Å². The second kappa shape index (κ2) is 2.73. The van der Waals surface area contributed by atoms with Gasteiger partial charge in [-0.1, -0.05) is 20.8 Å². The summed E-state index contributed by atoms with van der Waals surface area (Å²) in [6.07, 6.45) is 1.67. The fraction of sp³-hybridized carbons (Fsp3) is 0.889. The molecule has 0 aromatic carbocycles. The van der Waals surface area contributed by atoms with Crippen molar-refractivity contribution in [1.29, 1.82) is 0 Å². The molecule has 0 atom stereocenters. The molecule has 1 saturated carbocycles. The zero-order valence-electron chi connectivity index (χ0n) is 8.11. The van der Waals surface area contributed by atoms with Gasteiger partial charge < -0.3 is 11.1 Å². The molecule has 0 saturated heterocycles. The summed E-state index contributed by atoms with van der Waals surface area (Å²) >= 11 is 0. The number of carbonyl (C=O) groups is 1. The number of amides is 1. The predicted octanol–water partition coefficient (Wildman–Crippen LogP) is 0.640. The number of nitrogens with one attached hydrogen (secondary N) is 1. The molecular weight excluding hydrogens is 152 g/mol. The molecule has 0 spiro atoms. The van der Waals surface area contributed by atoms with Crippen LogP contribution in [0.3, 0.4) is 0 Å². The Morgan fingerprint density at radius 1 is 1.50 bits per heavy atom. The molecule has 12 heavy (non-hydrogen) atoms. The van der Waals surface area contributed by atoms with Crippen LogP contribution in [0.25, 0.3) is 0 Å². The molecule has 3 heteroatoms. The molecule has 1 aliphatic carbocycles. The molecule has 0 aliphatic heterocycles. The Hall–Kier alpha value is -0.570. The number of hydrogen-bond donors (Lipinski definition) is 2. The Morgan fingerprint density at radius 3 is 2.33 bits per heavy atom. The van der Waals surface area contributed by atoms with Gasteiger partial charge in [-0.05, 0) is 18.3 Å². The highest BCUT2D eigenvalue weighted by Crippen LogP contribution is 2.32. The van der Waals surface area contributed by atoms with E-state index in [1.54, 1.807) is 0 Å². The van der Waals surface area contributed by atoms with Crippen molar-refractivity contribution in [2.75, 3.05) is 6.54 Å². The van der Waals surface area contributed by atoms with Crippen LogP contribution >= 0.6 is 0 Å². The highest BCUT2D eigenvalue weighted by molar-refractivity contribution is 5.88. The molecule has 0 bridgehead atoms. The second-order valence-electron chi connectivity index (χ2n) is 4.90. The van der Waals surface area contributed by atoms with Crippen molar-refractivity contribution in [3.8, 4) is 0 Å². The molecule has 0 radical (unpaired) electrons. The van der Waals surface area contributed by atoms with Crippen LogP contribution in [-0.2, 0) is 4.79 Å². The number of carbonyl (C=O) groups excluding carboxylic acids is 1. The zero-order chi connectivity index (χ0) is 9.41. The van der Waals surface area contributed by atoms with Gasteiger partial charge in [0.1, 0.15) is 0 Å². The van der Waals surface area contributed by atoms with Crippen LogP contribution in [0.2, 0.25) is 0 Å². The summed E-state index contributed by atoms with van der Waals surface area (Å²) in [7, 11) is 0. The molecule has 0 aromatic heterocycles. The second-order valence-corrected chi connectivity index (χ2v) is 4.90. The lowest BCUT2D eigenvalue weighted by Crippen LogP contribution is -2.45. The van der Waals surface area contributed by atoms with E-state index in [4.69, 9.17) is 5.73 Å². The first kappa shape index (κ1) is 9.52. The third kappa shape index (κ3) is 2.48. The molecule has 0 unspecified atom stereocenters. The minimum Gasteiger partial charge on any atom is -0.354 e. The molecule has 70 valence electrons. The molecule has 0 heterocycles. The van der Waals surface area contributed by atoms with Crippen molar-refractivity contribution >= 4 is 5.91 Å². The van der Waals surface area contributed by atoms with Crippen molar-refractivity contribution in [2.24, 2.45) is 11.1 Å². The fourth-order valence-corrected chi connectivity index (χ4v) is 0.883. The first-order valence-corrected chi connectivity index (χ1v) is 4.41. The summed E-state index contributed by atoms with van der Waals surface area (Å²) in [5, 5.41) is 2.86. The van der Waals surface area contributed by atoms with Gasteiger partial charge >= 0.3 is 0 Å². The van der Waals surface area contributed by atoms with Crippen molar-refractivity contribution in [3.05, 3.63) is 0 Å². The maximum atomic E-state index is 11.3. The predicted molar refractivity (Wildman–Crippen MR) is 48.6 cm³/mol. The standard InChI is InChI=1S/C9H18N2O/c1-8(2,3)6-11-7(12)9(10)4-5-9/h4-6,10H2,1-3H3,(H,11,12). The normalized spacial score (nSPS) is 20.3. The van der Waals surface area contributed by atoms with E-state index >= 15 is 0 Å². The van der Waals surface area contributed by atoms with Gasteiger partial charge in [0, 0.05) is 6.54 Å². The molecule has 3 nitrogen and oxygen atoms in total. The Kier molecular flexibility index (Phi) is 2.17. The van der Waals surface area contributed by atoms with E-state index in [1.165, 1.54) is 0 Å². The average molecular weight is 170 g/mol. The monoisotopic (exact) mass is 170 g/mol. The van der Waals surface area contributed by atoms with Gasteiger partial charge in [-0.25, -0.2) is 0 Å². The Labute approximate surface area is 73.7 Å². The maximum absolute atomic E-state index is 11.3.